The number of rotatable bonds is 2. The van der Waals surface area contributed by atoms with Gasteiger partial charge in [-0.15, -0.1) is 0 Å². The molecule has 3 aromatic rings. The van der Waals surface area contributed by atoms with Crippen molar-refractivity contribution in [2.45, 2.75) is 6.42 Å². The van der Waals surface area contributed by atoms with Gasteiger partial charge in [-0.25, -0.2) is 9.97 Å². The van der Waals surface area contributed by atoms with Crippen molar-refractivity contribution in [2.24, 2.45) is 0 Å². The molecule has 0 atom stereocenters. The van der Waals surface area contributed by atoms with Crippen LogP contribution in [-0.4, -0.2) is 15.0 Å². The van der Waals surface area contributed by atoms with E-state index in [0.717, 1.165) is 22.2 Å². The predicted molar refractivity (Wildman–Crippen MR) is 71.6 cm³/mol. The summed E-state index contributed by atoms with van der Waals surface area (Å²) in [7, 11) is 0. The van der Waals surface area contributed by atoms with E-state index in [9.17, 15) is 0 Å². The van der Waals surface area contributed by atoms with Gasteiger partial charge < -0.3 is 0 Å². The predicted octanol–water partition coefficient (Wildman–Crippen LogP) is 3.27. The number of halogens is 1. The topological polar surface area (TPSA) is 38.7 Å². The third-order valence-electron chi connectivity index (χ3n) is 2.76. The maximum atomic E-state index is 6.01. The minimum Gasteiger partial charge on any atom is -0.252 e. The summed E-state index contributed by atoms with van der Waals surface area (Å²) >= 11 is 6.01. The lowest BCUT2D eigenvalue weighted by Crippen LogP contribution is -1.95. The van der Waals surface area contributed by atoms with Crippen LogP contribution in [0, 0.1) is 0 Å². The van der Waals surface area contributed by atoms with Crippen molar-refractivity contribution >= 4 is 22.5 Å². The average molecular weight is 256 g/mol. The number of nitrogens with zero attached hydrogens (tertiary/aromatic N) is 3. The van der Waals surface area contributed by atoms with Crippen molar-refractivity contribution < 1.29 is 0 Å². The highest BCUT2D eigenvalue weighted by atomic mass is 35.5. The van der Waals surface area contributed by atoms with Crippen LogP contribution >= 0.6 is 11.6 Å². The molecule has 0 aliphatic heterocycles. The van der Waals surface area contributed by atoms with Gasteiger partial charge in [-0.2, -0.15) is 0 Å². The van der Waals surface area contributed by atoms with E-state index in [1.807, 2.05) is 30.3 Å². The van der Waals surface area contributed by atoms with Crippen LogP contribution in [-0.2, 0) is 6.42 Å². The van der Waals surface area contributed by atoms with Crippen molar-refractivity contribution in [3.63, 3.8) is 0 Å². The first-order valence-electron chi connectivity index (χ1n) is 5.62. The fourth-order valence-electron chi connectivity index (χ4n) is 1.86. The normalized spacial score (nSPS) is 10.7. The molecule has 0 N–H and O–H groups in total. The minimum atomic E-state index is 0.486. The van der Waals surface area contributed by atoms with Crippen LogP contribution in [0.5, 0.6) is 0 Å². The minimum absolute atomic E-state index is 0.486. The van der Waals surface area contributed by atoms with Crippen LogP contribution in [0.2, 0.25) is 5.15 Å². The van der Waals surface area contributed by atoms with E-state index < -0.39 is 0 Å². The number of pyridine rings is 1. The Morgan fingerprint density at radius 1 is 1.06 bits per heavy atom. The molecule has 3 nitrogen and oxygen atoms in total. The molecule has 0 saturated heterocycles. The van der Waals surface area contributed by atoms with Gasteiger partial charge in [0.15, 0.2) is 0 Å². The molecule has 0 aliphatic carbocycles. The second kappa shape index (κ2) is 4.70. The van der Waals surface area contributed by atoms with E-state index in [-0.39, 0.29) is 0 Å². The van der Waals surface area contributed by atoms with Crippen LogP contribution in [0.1, 0.15) is 11.3 Å². The quantitative estimate of drug-likeness (QED) is 0.660. The molecule has 18 heavy (non-hydrogen) atoms. The number of hydrogen-bond donors (Lipinski definition) is 0. The van der Waals surface area contributed by atoms with Crippen molar-refractivity contribution in [1.82, 2.24) is 15.0 Å². The molecule has 0 unspecified atom stereocenters. The SMILES string of the molecule is Clc1ncncc1Cc1ccc2ccccc2n1. The maximum Gasteiger partial charge on any atom is 0.136 e. The summed E-state index contributed by atoms with van der Waals surface area (Å²) < 4.78 is 0. The Balaban J connectivity index is 1.98. The third-order valence-corrected chi connectivity index (χ3v) is 3.10. The summed E-state index contributed by atoms with van der Waals surface area (Å²) in [6, 6.07) is 12.1. The zero-order chi connectivity index (χ0) is 12.4. The number of hydrogen-bond acceptors (Lipinski definition) is 3. The van der Waals surface area contributed by atoms with Gasteiger partial charge in [0.25, 0.3) is 0 Å². The zero-order valence-corrected chi connectivity index (χ0v) is 10.3. The Labute approximate surface area is 109 Å². The molecule has 0 amide bonds. The smallest absolute Gasteiger partial charge is 0.136 e. The first kappa shape index (κ1) is 11.1. The Hall–Kier alpha value is -2.00. The number of para-hydroxylation sites is 1. The van der Waals surface area contributed by atoms with Crippen molar-refractivity contribution in [2.75, 3.05) is 0 Å². The molecule has 0 spiro atoms. The van der Waals surface area contributed by atoms with E-state index in [4.69, 9.17) is 11.6 Å². The molecule has 3 rings (SSSR count). The van der Waals surface area contributed by atoms with Crippen molar-refractivity contribution in [3.05, 3.63) is 65.3 Å². The van der Waals surface area contributed by atoms with Crippen molar-refractivity contribution in [1.29, 1.82) is 0 Å². The third kappa shape index (κ3) is 2.17. The molecular weight excluding hydrogens is 246 g/mol. The molecule has 4 heteroatoms. The summed E-state index contributed by atoms with van der Waals surface area (Å²) in [4.78, 5) is 12.5. The summed E-state index contributed by atoms with van der Waals surface area (Å²) in [5.74, 6) is 0. The Morgan fingerprint density at radius 2 is 1.94 bits per heavy atom. The van der Waals surface area contributed by atoms with E-state index in [2.05, 4.69) is 21.0 Å². The zero-order valence-electron chi connectivity index (χ0n) is 9.55. The molecule has 2 aromatic heterocycles. The summed E-state index contributed by atoms with van der Waals surface area (Å²) in [5, 5.41) is 1.62. The van der Waals surface area contributed by atoms with Crippen molar-refractivity contribution in [3.8, 4) is 0 Å². The lowest BCUT2D eigenvalue weighted by atomic mass is 10.1. The van der Waals surface area contributed by atoms with Gasteiger partial charge >= 0.3 is 0 Å². The largest absolute Gasteiger partial charge is 0.252 e. The van der Waals surface area contributed by atoms with Gasteiger partial charge in [0.2, 0.25) is 0 Å². The molecular formula is C14H10ClN3. The van der Waals surface area contributed by atoms with Crippen LogP contribution in [0.4, 0.5) is 0 Å². The molecule has 2 heterocycles. The molecule has 0 aliphatic rings. The van der Waals surface area contributed by atoms with Crippen LogP contribution in [0.3, 0.4) is 0 Å². The number of benzene rings is 1. The van der Waals surface area contributed by atoms with E-state index in [1.165, 1.54) is 6.33 Å². The van der Waals surface area contributed by atoms with E-state index in [0.29, 0.717) is 11.6 Å². The van der Waals surface area contributed by atoms with Gasteiger partial charge in [0.1, 0.15) is 11.5 Å². The monoisotopic (exact) mass is 255 g/mol. The van der Waals surface area contributed by atoms with E-state index >= 15 is 0 Å². The second-order valence-electron chi connectivity index (χ2n) is 4.01. The summed E-state index contributed by atoms with van der Waals surface area (Å²) in [6.07, 6.45) is 3.82. The first-order chi connectivity index (χ1) is 8.83. The standard InChI is InChI=1S/C14H10ClN3/c15-14-11(8-16-9-17-14)7-12-6-5-10-3-1-2-4-13(10)18-12/h1-6,8-9H,7H2. The maximum absolute atomic E-state index is 6.01. The van der Waals surface area contributed by atoms with Gasteiger partial charge in [-0.1, -0.05) is 35.9 Å². The Kier molecular flexibility index (Phi) is 2.90. The van der Waals surface area contributed by atoms with E-state index in [1.54, 1.807) is 6.20 Å². The number of fused-ring (bicyclic) bond motifs is 1. The molecule has 0 radical (unpaired) electrons. The molecule has 0 bridgehead atoms. The Bertz CT molecular complexity index is 697. The van der Waals surface area contributed by atoms with Gasteiger partial charge in [-0.3, -0.25) is 4.98 Å². The van der Waals surface area contributed by atoms with Crippen LogP contribution < -0.4 is 0 Å². The van der Waals surface area contributed by atoms with Crippen LogP contribution in [0.25, 0.3) is 10.9 Å². The summed E-state index contributed by atoms with van der Waals surface area (Å²) in [6.45, 7) is 0. The highest BCUT2D eigenvalue weighted by Gasteiger charge is 2.04. The number of aromatic nitrogens is 3. The second-order valence-corrected chi connectivity index (χ2v) is 4.37. The fourth-order valence-corrected chi connectivity index (χ4v) is 2.02. The molecule has 88 valence electrons. The van der Waals surface area contributed by atoms with Gasteiger partial charge in [0, 0.05) is 29.3 Å². The first-order valence-corrected chi connectivity index (χ1v) is 6.00. The average Bonchev–Trinajstić information content (AvgIpc) is 2.41. The van der Waals surface area contributed by atoms with Crippen LogP contribution in [0.15, 0.2) is 48.9 Å². The highest BCUT2D eigenvalue weighted by Crippen LogP contribution is 2.17. The summed E-state index contributed by atoms with van der Waals surface area (Å²) in [5.41, 5.74) is 2.84. The van der Waals surface area contributed by atoms with Gasteiger partial charge in [0.05, 0.1) is 5.52 Å². The lowest BCUT2D eigenvalue weighted by molar-refractivity contribution is 1.04. The molecule has 0 saturated carbocycles. The highest BCUT2D eigenvalue weighted by molar-refractivity contribution is 6.30. The Morgan fingerprint density at radius 3 is 2.83 bits per heavy atom. The molecule has 1 aromatic carbocycles. The lowest BCUT2D eigenvalue weighted by Gasteiger charge is -2.04. The van der Waals surface area contributed by atoms with Gasteiger partial charge in [-0.05, 0) is 12.1 Å². The molecule has 0 fully saturated rings. The fraction of sp³-hybridized carbons (Fsp3) is 0.0714.